The standard InChI is InChI=1S/C14H15BrClN3O2/c1-3-19-12(13(15)8(2)18-19)7-21-14(20)10-6-9(16)4-5-11(10)17/h4-6H,3,7,17H2,1-2H3. The van der Waals surface area contributed by atoms with Gasteiger partial charge in [-0.05, 0) is 48.0 Å². The lowest BCUT2D eigenvalue weighted by atomic mass is 10.2. The van der Waals surface area contributed by atoms with E-state index < -0.39 is 5.97 Å². The lowest BCUT2D eigenvalue weighted by molar-refractivity contribution is 0.0463. The third-order valence-electron chi connectivity index (χ3n) is 3.03. The van der Waals surface area contributed by atoms with Gasteiger partial charge in [-0.2, -0.15) is 5.10 Å². The van der Waals surface area contributed by atoms with E-state index in [9.17, 15) is 4.79 Å². The summed E-state index contributed by atoms with van der Waals surface area (Å²) in [5.41, 5.74) is 8.02. The van der Waals surface area contributed by atoms with E-state index in [1.165, 1.54) is 6.07 Å². The Kier molecular flexibility index (Phi) is 4.90. The molecule has 0 unspecified atom stereocenters. The summed E-state index contributed by atoms with van der Waals surface area (Å²) >= 11 is 9.32. The summed E-state index contributed by atoms with van der Waals surface area (Å²) in [6.45, 7) is 4.66. The number of benzene rings is 1. The van der Waals surface area contributed by atoms with Crippen LogP contribution in [0.3, 0.4) is 0 Å². The van der Waals surface area contributed by atoms with Crippen LogP contribution in [0.2, 0.25) is 5.02 Å². The number of nitrogens with two attached hydrogens (primary N) is 1. The Labute approximate surface area is 136 Å². The van der Waals surface area contributed by atoms with Crippen LogP contribution >= 0.6 is 27.5 Å². The minimum Gasteiger partial charge on any atom is -0.455 e. The number of anilines is 1. The van der Waals surface area contributed by atoms with Crippen molar-refractivity contribution in [2.45, 2.75) is 27.0 Å². The zero-order valence-corrected chi connectivity index (χ0v) is 14.0. The van der Waals surface area contributed by atoms with Crippen molar-refractivity contribution < 1.29 is 9.53 Å². The first-order valence-electron chi connectivity index (χ1n) is 6.38. The summed E-state index contributed by atoms with van der Waals surface area (Å²) in [6.07, 6.45) is 0. The predicted octanol–water partition coefficient (Wildman–Crippen LogP) is 3.57. The van der Waals surface area contributed by atoms with Gasteiger partial charge in [-0.3, -0.25) is 4.68 Å². The van der Waals surface area contributed by atoms with Crippen LogP contribution in [0.5, 0.6) is 0 Å². The number of ether oxygens (including phenoxy) is 1. The van der Waals surface area contributed by atoms with E-state index in [-0.39, 0.29) is 12.2 Å². The number of carbonyl (C=O) groups excluding carboxylic acids is 1. The van der Waals surface area contributed by atoms with Gasteiger partial charge in [0.1, 0.15) is 6.61 Å². The van der Waals surface area contributed by atoms with Crippen molar-refractivity contribution in [2.75, 3.05) is 5.73 Å². The molecule has 0 aliphatic rings. The zero-order chi connectivity index (χ0) is 15.6. The van der Waals surface area contributed by atoms with Crippen molar-refractivity contribution >= 4 is 39.2 Å². The largest absolute Gasteiger partial charge is 0.455 e. The van der Waals surface area contributed by atoms with E-state index in [0.717, 1.165) is 15.9 Å². The molecule has 21 heavy (non-hydrogen) atoms. The summed E-state index contributed by atoms with van der Waals surface area (Å²) in [5.74, 6) is -0.511. The molecule has 0 saturated carbocycles. The van der Waals surface area contributed by atoms with Crippen LogP contribution in [0.25, 0.3) is 0 Å². The highest BCUT2D eigenvalue weighted by molar-refractivity contribution is 9.10. The van der Waals surface area contributed by atoms with Gasteiger partial charge >= 0.3 is 5.97 Å². The number of carbonyl (C=O) groups is 1. The van der Waals surface area contributed by atoms with Crippen molar-refractivity contribution in [3.63, 3.8) is 0 Å². The molecule has 0 amide bonds. The molecular formula is C14H15BrClN3O2. The van der Waals surface area contributed by atoms with Crippen LogP contribution in [-0.4, -0.2) is 15.7 Å². The second kappa shape index (κ2) is 6.49. The monoisotopic (exact) mass is 371 g/mol. The zero-order valence-electron chi connectivity index (χ0n) is 11.7. The average Bonchev–Trinajstić information content (AvgIpc) is 2.74. The summed E-state index contributed by atoms with van der Waals surface area (Å²) in [7, 11) is 0. The van der Waals surface area contributed by atoms with Crippen LogP contribution in [0.15, 0.2) is 22.7 Å². The maximum Gasteiger partial charge on any atom is 0.340 e. The van der Waals surface area contributed by atoms with Crippen LogP contribution in [-0.2, 0) is 17.9 Å². The smallest absolute Gasteiger partial charge is 0.340 e. The first kappa shape index (κ1) is 15.9. The number of rotatable bonds is 4. The summed E-state index contributed by atoms with van der Waals surface area (Å²) < 4.78 is 7.95. The molecule has 0 aliphatic heterocycles. The second-order valence-electron chi connectivity index (χ2n) is 4.47. The third-order valence-corrected chi connectivity index (χ3v) is 4.29. The number of hydrogen-bond donors (Lipinski definition) is 1. The molecule has 112 valence electrons. The van der Waals surface area contributed by atoms with Crippen molar-refractivity contribution in [2.24, 2.45) is 0 Å². The van der Waals surface area contributed by atoms with Crippen LogP contribution in [0.1, 0.15) is 28.7 Å². The van der Waals surface area contributed by atoms with Gasteiger partial charge in [0.2, 0.25) is 0 Å². The molecule has 1 aromatic carbocycles. The Hall–Kier alpha value is -1.53. The molecule has 1 aromatic heterocycles. The van der Waals surface area contributed by atoms with Crippen molar-refractivity contribution in [1.82, 2.24) is 9.78 Å². The van der Waals surface area contributed by atoms with Gasteiger partial charge < -0.3 is 10.5 Å². The molecule has 0 bridgehead atoms. The number of aromatic nitrogens is 2. The van der Waals surface area contributed by atoms with Gasteiger partial charge in [-0.1, -0.05) is 11.6 Å². The minimum absolute atomic E-state index is 0.111. The summed E-state index contributed by atoms with van der Waals surface area (Å²) in [6, 6.07) is 4.70. The van der Waals surface area contributed by atoms with E-state index in [1.807, 2.05) is 13.8 Å². The molecule has 7 heteroatoms. The molecule has 2 aromatic rings. The van der Waals surface area contributed by atoms with E-state index >= 15 is 0 Å². The van der Waals surface area contributed by atoms with E-state index in [1.54, 1.807) is 16.8 Å². The first-order chi connectivity index (χ1) is 9.93. The molecule has 0 radical (unpaired) electrons. The summed E-state index contributed by atoms with van der Waals surface area (Å²) in [5, 5.41) is 4.78. The highest BCUT2D eigenvalue weighted by Crippen LogP contribution is 2.23. The Morgan fingerprint density at radius 3 is 2.90 bits per heavy atom. The number of halogens is 2. The molecule has 0 fully saturated rings. The molecule has 0 spiro atoms. The third kappa shape index (κ3) is 3.39. The fourth-order valence-electron chi connectivity index (χ4n) is 1.92. The van der Waals surface area contributed by atoms with Crippen LogP contribution < -0.4 is 5.73 Å². The SMILES string of the molecule is CCn1nc(C)c(Br)c1COC(=O)c1cc(Cl)ccc1N. The Balaban J connectivity index is 2.16. The number of nitrogens with zero attached hydrogens (tertiary/aromatic N) is 2. The van der Waals surface area contributed by atoms with Gasteiger partial charge in [-0.15, -0.1) is 0 Å². The number of esters is 1. The van der Waals surface area contributed by atoms with Crippen molar-refractivity contribution in [3.05, 3.63) is 44.6 Å². The first-order valence-corrected chi connectivity index (χ1v) is 7.55. The maximum atomic E-state index is 12.1. The molecule has 2 N–H and O–H groups in total. The summed E-state index contributed by atoms with van der Waals surface area (Å²) in [4.78, 5) is 12.1. The minimum atomic E-state index is -0.511. The van der Waals surface area contributed by atoms with Crippen molar-refractivity contribution in [3.8, 4) is 0 Å². The Bertz CT molecular complexity index is 685. The Morgan fingerprint density at radius 1 is 1.52 bits per heavy atom. The lowest BCUT2D eigenvalue weighted by Crippen LogP contribution is -2.11. The van der Waals surface area contributed by atoms with Crippen LogP contribution in [0.4, 0.5) is 5.69 Å². The molecule has 0 aliphatic carbocycles. The molecule has 1 heterocycles. The fourth-order valence-corrected chi connectivity index (χ4v) is 2.49. The van der Waals surface area contributed by atoms with Gasteiger partial charge in [0.05, 0.1) is 21.4 Å². The number of aryl methyl sites for hydroxylation is 2. The van der Waals surface area contributed by atoms with E-state index in [2.05, 4.69) is 21.0 Å². The normalized spacial score (nSPS) is 10.7. The molecule has 0 atom stereocenters. The predicted molar refractivity (Wildman–Crippen MR) is 85.3 cm³/mol. The number of hydrogen-bond acceptors (Lipinski definition) is 4. The molecule has 5 nitrogen and oxygen atoms in total. The Morgan fingerprint density at radius 2 is 2.24 bits per heavy atom. The molecule has 2 rings (SSSR count). The highest BCUT2D eigenvalue weighted by atomic mass is 79.9. The quantitative estimate of drug-likeness (QED) is 0.658. The molecular weight excluding hydrogens is 358 g/mol. The highest BCUT2D eigenvalue weighted by Gasteiger charge is 2.16. The number of nitrogen functional groups attached to an aromatic ring is 1. The lowest BCUT2D eigenvalue weighted by Gasteiger charge is -2.09. The van der Waals surface area contributed by atoms with Crippen LogP contribution in [0, 0.1) is 6.92 Å². The maximum absolute atomic E-state index is 12.1. The van der Waals surface area contributed by atoms with Gasteiger partial charge in [0.25, 0.3) is 0 Å². The average molecular weight is 373 g/mol. The van der Waals surface area contributed by atoms with E-state index in [0.29, 0.717) is 17.3 Å². The van der Waals surface area contributed by atoms with E-state index in [4.69, 9.17) is 22.1 Å². The molecule has 0 saturated heterocycles. The second-order valence-corrected chi connectivity index (χ2v) is 5.70. The van der Waals surface area contributed by atoms with Gasteiger partial charge in [-0.25, -0.2) is 4.79 Å². The van der Waals surface area contributed by atoms with Crippen molar-refractivity contribution in [1.29, 1.82) is 0 Å². The van der Waals surface area contributed by atoms with Gasteiger partial charge in [0, 0.05) is 17.3 Å². The fraction of sp³-hybridized carbons (Fsp3) is 0.286. The topological polar surface area (TPSA) is 70.1 Å². The van der Waals surface area contributed by atoms with Gasteiger partial charge in [0.15, 0.2) is 0 Å².